The lowest BCUT2D eigenvalue weighted by Crippen LogP contribution is -2.44. The monoisotopic (exact) mass is 498 g/mol. The number of thiazole rings is 1. The first-order chi connectivity index (χ1) is 16.8. The molecule has 1 aromatic carbocycles. The number of amides is 2. The zero-order valence-corrected chi connectivity index (χ0v) is 20.3. The maximum Gasteiger partial charge on any atom is 0.489 e. The van der Waals surface area contributed by atoms with Crippen molar-refractivity contribution >= 4 is 57.2 Å². The molecule has 1 aliphatic heterocycles. The van der Waals surface area contributed by atoms with Crippen LogP contribution in [0, 0.1) is 5.41 Å². The number of urea groups is 1. The van der Waals surface area contributed by atoms with E-state index in [1.807, 2.05) is 11.8 Å². The molecule has 0 atom stereocenters. The van der Waals surface area contributed by atoms with Gasteiger partial charge in [0.2, 0.25) is 5.95 Å². The number of anilines is 2. The van der Waals surface area contributed by atoms with E-state index >= 15 is 0 Å². The van der Waals surface area contributed by atoms with E-state index in [1.54, 1.807) is 31.5 Å². The van der Waals surface area contributed by atoms with Gasteiger partial charge < -0.3 is 25.4 Å². The molecule has 5 N–H and O–H groups in total. The van der Waals surface area contributed by atoms with E-state index in [2.05, 4.69) is 25.6 Å². The van der Waals surface area contributed by atoms with Crippen LogP contribution in [0.4, 0.5) is 15.9 Å². The van der Waals surface area contributed by atoms with Crippen molar-refractivity contribution in [1.29, 1.82) is 0 Å². The Bertz CT molecular complexity index is 1230. The number of hydrogen-bond acceptors (Lipinski definition) is 9. The minimum atomic E-state index is -1.73. The SMILES string of the molecule is CCNC(=O)Nc1nc2cc(-c3cnc(N4CCC(CC)(C(=O)O)CC4)nc3)cc(B(O)O)c2s1. The van der Waals surface area contributed by atoms with E-state index in [0.717, 1.165) is 11.3 Å². The number of rotatable bonds is 7. The van der Waals surface area contributed by atoms with Crippen LogP contribution in [0.5, 0.6) is 0 Å². The van der Waals surface area contributed by atoms with Crippen LogP contribution in [0.3, 0.4) is 0 Å². The fraction of sp³-hybridized carbons (Fsp3) is 0.409. The van der Waals surface area contributed by atoms with Crippen molar-refractivity contribution < 1.29 is 24.7 Å². The number of benzene rings is 1. The molecule has 1 saturated heterocycles. The Balaban J connectivity index is 1.57. The van der Waals surface area contributed by atoms with Crippen LogP contribution in [0.1, 0.15) is 33.1 Å². The summed E-state index contributed by atoms with van der Waals surface area (Å²) in [7, 11) is -1.73. The highest BCUT2D eigenvalue weighted by atomic mass is 32.1. The van der Waals surface area contributed by atoms with E-state index in [4.69, 9.17) is 0 Å². The Morgan fingerprint density at radius 3 is 2.40 bits per heavy atom. The molecule has 184 valence electrons. The van der Waals surface area contributed by atoms with Gasteiger partial charge in [-0.25, -0.2) is 19.7 Å². The quantitative estimate of drug-likeness (QED) is 0.305. The standard InChI is InChI=1S/C22H27BN6O5S/c1-3-22(18(30)31)5-7-29(8-6-22)19-25-11-14(12-26-19)13-9-15(23(33)34)17-16(10-13)27-21(35-17)28-20(32)24-4-2/h9-12,33-34H,3-8H2,1-2H3,(H,30,31)(H2,24,27,28,32). The number of hydrogen-bond donors (Lipinski definition) is 5. The van der Waals surface area contributed by atoms with Gasteiger partial charge in [-0.2, -0.15) is 0 Å². The molecule has 1 fully saturated rings. The molecule has 13 heteroatoms. The van der Waals surface area contributed by atoms with Crippen LogP contribution in [-0.2, 0) is 4.79 Å². The molecule has 2 amide bonds. The zero-order chi connectivity index (χ0) is 25.2. The summed E-state index contributed by atoms with van der Waals surface area (Å²) in [5, 5.41) is 35.1. The molecule has 0 spiro atoms. The second-order valence-electron chi connectivity index (χ2n) is 8.49. The summed E-state index contributed by atoms with van der Waals surface area (Å²) < 4.78 is 0.555. The predicted octanol–water partition coefficient (Wildman–Crippen LogP) is 1.66. The second kappa shape index (κ2) is 10.1. The van der Waals surface area contributed by atoms with Gasteiger partial charge in [-0.3, -0.25) is 10.1 Å². The molecule has 0 saturated carbocycles. The van der Waals surface area contributed by atoms with Crippen molar-refractivity contribution in [3.8, 4) is 11.1 Å². The number of carboxylic acid groups (broad SMARTS) is 1. The lowest BCUT2D eigenvalue weighted by Gasteiger charge is -2.38. The van der Waals surface area contributed by atoms with Crippen molar-refractivity contribution in [2.24, 2.45) is 5.41 Å². The number of piperidine rings is 1. The summed E-state index contributed by atoms with van der Waals surface area (Å²) in [5.74, 6) is -0.228. The van der Waals surface area contributed by atoms with Gasteiger partial charge >= 0.3 is 19.1 Å². The Labute approximate surface area is 206 Å². The summed E-state index contributed by atoms with van der Waals surface area (Å²) in [6.07, 6.45) is 4.96. The normalized spacial score (nSPS) is 15.1. The van der Waals surface area contributed by atoms with Gasteiger partial charge in [-0.05, 0) is 37.8 Å². The first-order valence-electron chi connectivity index (χ1n) is 11.4. The molecular weight excluding hydrogens is 471 g/mol. The first-order valence-corrected chi connectivity index (χ1v) is 12.2. The fourth-order valence-corrected chi connectivity index (χ4v) is 5.23. The molecule has 35 heavy (non-hydrogen) atoms. The maximum absolute atomic E-state index is 11.8. The maximum atomic E-state index is 11.8. The third-order valence-electron chi connectivity index (χ3n) is 6.46. The van der Waals surface area contributed by atoms with E-state index in [-0.39, 0.29) is 11.5 Å². The molecule has 0 bridgehead atoms. The summed E-state index contributed by atoms with van der Waals surface area (Å²) in [5.41, 5.74) is 1.40. The number of fused-ring (bicyclic) bond motifs is 1. The molecule has 3 heterocycles. The topological polar surface area (TPSA) is 161 Å². The lowest BCUT2D eigenvalue weighted by atomic mass is 9.76. The Hall–Kier alpha value is -3.29. The molecule has 0 radical (unpaired) electrons. The highest BCUT2D eigenvalue weighted by Crippen LogP contribution is 2.36. The summed E-state index contributed by atoms with van der Waals surface area (Å²) in [6, 6.07) is 3.03. The number of aliphatic carboxylic acids is 1. The molecule has 3 aromatic rings. The van der Waals surface area contributed by atoms with E-state index in [1.165, 1.54) is 0 Å². The van der Waals surface area contributed by atoms with Gasteiger partial charge in [0.15, 0.2) is 5.13 Å². The van der Waals surface area contributed by atoms with Crippen molar-refractivity contribution in [2.45, 2.75) is 33.1 Å². The molecule has 2 aromatic heterocycles. The highest BCUT2D eigenvalue weighted by Gasteiger charge is 2.40. The minimum absolute atomic E-state index is 0.267. The fourth-order valence-electron chi connectivity index (χ4n) is 4.26. The Morgan fingerprint density at radius 2 is 1.83 bits per heavy atom. The van der Waals surface area contributed by atoms with Crippen LogP contribution in [0.2, 0.25) is 0 Å². The molecule has 4 rings (SSSR count). The van der Waals surface area contributed by atoms with Crippen molar-refractivity contribution in [3.63, 3.8) is 0 Å². The highest BCUT2D eigenvalue weighted by molar-refractivity contribution is 7.23. The van der Waals surface area contributed by atoms with Crippen LogP contribution in [0.15, 0.2) is 24.5 Å². The number of carboxylic acids is 1. The van der Waals surface area contributed by atoms with Gasteiger partial charge in [0.05, 0.1) is 15.6 Å². The Morgan fingerprint density at radius 1 is 1.14 bits per heavy atom. The van der Waals surface area contributed by atoms with Crippen molar-refractivity contribution in [2.75, 3.05) is 29.9 Å². The number of nitrogens with zero attached hydrogens (tertiary/aromatic N) is 4. The van der Waals surface area contributed by atoms with Crippen LogP contribution < -0.4 is 21.0 Å². The number of nitrogens with one attached hydrogen (secondary N) is 2. The van der Waals surface area contributed by atoms with E-state index in [9.17, 15) is 24.7 Å². The largest absolute Gasteiger partial charge is 0.489 e. The molecular formula is C22H27BN6O5S. The summed E-state index contributed by atoms with van der Waals surface area (Å²) in [6.45, 7) is 5.30. The van der Waals surface area contributed by atoms with Crippen LogP contribution >= 0.6 is 11.3 Å². The number of carbonyl (C=O) groups excluding carboxylic acids is 1. The van der Waals surface area contributed by atoms with Gasteiger partial charge in [0.1, 0.15) is 0 Å². The molecule has 1 aliphatic rings. The minimum Gasteiger partial charge on any atom is -0.481 e. The van der Waals surface area contributed by atoms with Crippen molar-refractivity contribution in [3.05, 3.63) is 24.5 Å². The van der Waals surface area contributed by atoms with Gasteiger partial charge in [-0.1, -0.05) is 24.3 Å². The summed E-state index contributed by atoms with van der Waals surface area (Å²) >= 11 is 1.15. The van der Waals surface area contributed by atoms with Gasteiger partial charge in [0, 0.05) is 43.1 Å². The van der Waals surface area contributed by atoms with E-state index in [0.29, 0.717) is 71.3 Å². The Kier molecular flexibility index (Phi) is 7.19. The lowest BCUT2D eigenvalue weighted by molar-refractivity contribution is -0.150. The average Bonchev–Trinajstić information content (AvgIpc) is 3.25. The van der Waals surface area contributed by atoms with Crippen LogP contribution in [0.25, 0.3) is 21.3 Å². The number of carbonyl (C=O) groups is 2. The smallest absolute Gasteiger partial charge is 0.481 e. The van der Waals surface area contributed by atoms with E-state index < -0.39 is 18.5 Å². The predicted molar refractivity (Wildman–Crippen MR) is 135 cm³/mol. The number of aromatic nitrogens is 3. The third kappa shape index (κ3) is 5.06. The van der Waals surface area contributed by atoms with Crippen molar-refractivity contribution in [1.82, 2.24) is 20.3 Å². The van der Waals surface area contributed by atoms with Gasteiger partial charge in [0.25, 0.3) is 0 Å². The molecule has 11 nitrogen and oxygen atoms in total. The molecule has 0 unspecified atom stereocenters. The van der Waals surface area contributed by atoms with Crippen LogP contribution in [-0.4, -0.2) is 68.9 Å². The van der Waals surface area contributed by atoms with Gasteiger partial charge in [-0.15, -0.1) is 0 Å². The third-order valence-corrected chi connectivity index (χ3v) is 7.50. The average molecular weight is 498 g/mol. The zero-order valence-electron chi connectivity index (χ0n) is 19.5. The summed E-state index contributed by atoms with van der Waals surface area (Å²) in [4.78, 5) is 38.9. The second-order valence-corrected chi connectivity index (χ2v) is 9.49. The first kappa shape index (κ1) is 24.8. The molecule has 0 aliphatic carbocycles.